The first-order valence-corrected chi connectivity index (χ1v) is 8.48. The van der Waals surface area contributed by atoms with Crippen molar-refractivity contribution in [2.45, 2.75) is 11.8 Å². The topological polar surface area (TPSA) is 46.6 Å². The van der Waals surface area contributed by atoms with Gasteiger partial charge in [0.25, 0.3) is 10.0 Å². The Morgan fingerprint density at radius 2 is 1.92 bits per heavy atom. The van der Waals surface area contributed by atoms with E-state index in [0.29, 0.717) is 17.4 Å². The van der Waals surface area contributed by atoms with Gasteiger partial charge in [-0.2, -0.15) is 0 Å². The highest BCUT2D eigenvalue weighted by atomic mass is 32.2. The molecule has 0 saturated carbocycles. The van der Waals surface area contributed by atoms with Crippen molar-refractivity contribution in [2.24, 2.45) is 0 Å². The van der Waals surface area contributed by atoms with Gasteiger partial charge in [-0.25, -0.2) is 17.2 Å². The van der Waals surface area contributed by atoms with Gasteiger partial charge >= 0.3 is 0 Å². The van der Waals surface area contributed by atoms with Gasteiger partial charge in [0, 0.05) is 6.07 Å². The van der Waals surface area contributed by atoms with Crippen molar-refractivity contribution in [1.29, 1.82) is 0 Å². The summed E-state index contributed by atoms with van der Waals surface area (Å²) in [4.78, 5) is -0.0219. The van der Waals surface area contributed by atoms with Crippen LogP contribution in [-0.2, 0) is 10.0 Å². The average molecular weight is 353 g/mol. The van der Waals surface area contributed by atoms with Gasteiger partial charge in [-0.1, -0.05) is 6.08 Å². The van der Waals surface area contributed by atoms with Gasteiger partial charge in [0.05, 0.1) is 24.2 Å². The molecule has 7 heteroatoms. The minimum Gasteiger partial charge on any atom is -0.496 e. The lowest BCUT2D eigenvalue weighted by atomic mass is 10.2. The molecule has 0 bridgehead atoms. The van der Waals surface area contributed by atoms with Crippen LogP contribution in [0.3, 0.4) is 0 Å². The minimum atomic E-state index is -4.06. The van der Waals surface area contributed by atoms with Gasteiger partial charge < -0.3 is 4.74 Å². The van der Waals surface area contributed by atoms with E-state index in [0.717, 1.165) is 16.4 Å². The summed E-state index contributed by atoms with van der Waals surface area (Å²) >= 11 is 0. The SMILES string of the molecule is C=CCN(c1ccc(F)cc1F)S(=O)(=O)c1ccc(OC)c(C)c1. The summed E-state index contributed by atoms with van der Waals surface area (Å²) in [5, 5.41) is 0. The van der Waals surface area contributed by atoms with Crippen LogP contribution in [0.25, 0.3) is 0 Å². The maximum atomic E-state index is 14.1. The van der Waals surface area contributed by atoms with E-state index in [-0.39, 0.29) is 17.1 Å². The lowest BCUT2D eigenvalue weighted by Gasteiger charge is -2.24. The Hall–Kier alpha value is -2.41. The molecule has 2 aromatic carbocycles. The number of aryl methyl sites for hydroxylation is 1. The molecule has 0 atom stereocenters. The standard InChI is InChI=1S/C17H17F2NO3S/c1-4-9-20(16-7-5-13(18)11-15(16)19)24(21,22)14-6-8-17(23-3)12(2)10-14/h4-8,10-11H,1,9H2,2-3H3. The Labute approximate surface area is 140 Å². The highest BCUT2D eigenvalue weighted by Gasteiger charge is 2.27. The Kier molecular flexibility index (Phi) is 5.23. The van der Waals surface area contributed by atoms with Crippen LogP contribution >= 0.6 is 0 Å². The lowest BCUT2D eigenvalue weighted by Crippen LogP contribution is -2.32. The zero-order valence-electron chi connectivity index (χ0n) is 13.3. The van der Waals surface area contributed by atoms with E-state index in [1.165, 1.54) is 31.4 Å². The average Bonchev–Trinajstić information content (AvgIpc) is 2.53. The molecular weight excluding hydrogens is 336 g/mol. The van der Waals surface area contributed by atoms with Crippen molar-refractivity contribution in [3.8, 4) is 5.75 Å². The van der Waals surface area contributed by atoms with Gasteiger partial charge in [-0.15, -0.1) is 6.58 Å². The van der Waals surface area contributed by atoms with E-state index in [1.54, 1.807) is 6.92 Å². The lowest BCUT2D eigenvalue weighted by molar-refractivity contribution is 0.411. The van der Waals surface area contributed by atoms with Gasteiger partial charge in [-0.3, -0.25) is 4.31 Å². The van der Waals surface area contributed by atoms with E-state index < -0.39 is 21.7 Å². The second kappa shape index (κ2) is 7.00. The van der Waals surface area contributed by atoms with Gasteiger partial charge in [0.1, 0.15) is 17.4 Å². The van der Waals surface area contributed by atoms with E-state index in [9.17, 15) is 17.2 Å². The molecule has 2 rings (SSSR count). The Morgan fingerprint density at radius 1 is 1.21 bits per heavy atom. The number of sulfonamides is 1. The predicted molar refractivity (Wildman–Crippen MR) is 88.8 cm³/mol. The fourth-order valence-corrected chi connectivity index (χ4v) is 3.79. The first-order valence-electron chi connectivity index (χ1n) is 7.04. The highest BCUT2D eigenvalue weighted by molar-refractivity contribution is 7.92. The van der Waals surface area contributed by atoms with Crippen molar-refractivity contribution < 1.29 is 21.9 Å². The van der Waals surface area contributed by atoms with Crippen LogP contribution in [0.4, 0.5) is 14.5 Å². The molecule has 0 aliphatic carbocycles. The molecule has 0 spiro atoms. The Bertz CT molecular complexity index is 866. The van der Waals surface area contributed by atoms with E-state index in [1.807, 2.05) is 0 Å². The number of hydrogen-bond donors (Lipinski definition) is 0. The quantitative estimate of drug-likeness (QED) is 0.745. The third-order valence-corrected chi connectivity index (χ3v) is 5.20. The minimum absolute atomic E-state index is 0.0219. The molecule has 0 unspecified atom stereocenters. The molecule has 0 heterocycles. The summed E-state index contributed by atoms with van der Waals surface area (Å²) in [6, 6.07) is 7.06. The summed E-state index contributed by atoms with van der Waals surface area (Å²) in [7, 11) is -2.57. The van der Waals surface area contributed by atoms with Crippen molar-refractivity contribution in [3.05, 3.63) is 66.3 Å². The summed E-state index contributed by atoms with van der Waals surface area (Å²) in [5.74, 6) is -1.21. The fourth-order valence-electron chi connectivity index (χ4n) is 2.27. The molecule has 0 radical (unpaired) electrons. The van der Waals surface area contributed by atoms with Crippen molar-refractivity contribution in [1.82, 2.24) is 0 Å². The first-order chi connectivity index (χ1) is 11.3. The summed E-state index contributed by atoms with van der Waals surface area (Å²) in [6.45, 7) is 5.05. The molecule has 2 aromatic rings. The summed E-state index contributed by atoms with van der Waals surface area (Å²) < 4.78 is 58.9. The molecule has 0 aliphatic heterocycles. The second-order valence-electron chi connectivity index (χ2n) is 5.05. The number of ether oxygens (including phenoxy) is 1. The van der Waals surface area contributed by atoms with Gasteiger partial charge in [-0.05, 0) is 42.8 Å². The molecule has 128 valence electrons. The molecule has 0 aromatic heterocycles. The number of nitrogens with zero attached hydrogens (tertiary/aromatic N) is 1. The monoisotopic (exact) mass is 353 g/mol. The Morgan fingerprint density at radius 3 is 2.46 bits per heavy atom. The largest absolute Gasteiger partial charge is 0.496 e. The molecule has 0 aliphatic rings. The van der Waals surface area contributed by atoms with Crippen LogP contribution in [0.5, 0.6) is 5.75 Å². The molecule has 24 heavy (non-hydrogen) atoms. The molecule has 4 nitrogen and oxygen atoms in total. The number of benzene rings is 2. The van der Waals surface area contributed by atoms with E-state index >= 15 is 0 Å². The van der Waals surface area contributed by atoms with Crippen LogP contribution in [0.15, 0.2) is 53.9 Å². The number of methoxy groups -OCH3 is 1. The van der Waals surface area contributed by atoms with E-state index in [2.05, 4.69) is 6.58 Å². The number of halogens is 2. The van der Waals surface area contributed by atoms with Crippen LogP contribution in [-0.4, -0.2) is 22.1 Å². The normalized spacial score (nSPS) is 11.2. The van der Waals surface area contributed by atoms with Gasteiger partial charge in [0.2, 0.25) is 0 Å². The smallest absolute Gasteiger partial charge is 0.264 e. The van der Waals surface area contributed by atoms with Crippen LogP contribution in [0.1, 0.15) is 5.56 Å². The Balaban J connectivity index is 2.57. The number of rotatable bonds is 6. The van der Waals surface area contributed by atoms with Gasteiger partial charge in [0.15, 0.2) is 0 Å². The molecule has 0 saturated heterocycles. The maximum Gasteiger partial charge on any atom is 0.264 e. The molecule has 0 fully saturated rings. The summed E-state index contributed by atoms with van der Waals surface area (Å²) in [6.07, 6.45) is 1.33. The first kappa shape index (κ1) is 17.9. The third-order valence-electron chi connectivity index (χ3n) is 3.43. The fraction of sp³-hybridized carbons (Fsp3) is 0.176. The second-order valence-corrected chi connectivity index (χ2v) is 6.91. The zero-order chi connectivity index (χ0) is 17.9. The van der Waals surface area contributed by atoms with E-state index in [4.69, 9.17) is 4.74 Å². The molecule has 0 N–H and O–H groups in total. The molecular formula is C17H17F2NO3S. The van der Waals surface area contributed by atoms with Crippen molar-refractivity contribution in [2.75, 3.05) is 18.0 Å². The van der Waals surface area contributed by atoms with Crippen LogP contribution in [0.2, 0.25) is 0 Å². The predicted octanol–water partition coefficient (Wildman–Crippen LogP) is 3.66. The van der Waals surface area contributed by atoms with Crippen LogP contribution < -0.4 is 9.04 Å². The van der Waals surface area contributed by atoms with Crippen LogP contribution in [0, 0.1) is 18.6 Å². The highest BCUT2D eigenvalue weighted by Crippen LogP contribution is 2.29. The van der Waals surface area contributed by atoms with Crippen molar-refractivity contribution in [3.63, 3.8) is 0 Å². The van der Waals surface area contributed by atoms with Crippen molar-refractivity contribution >= 4 is 15.7 Å². The molecule has 0 amide bonds. The number of hydrogen-bond acceptors (Lipinski definition) is 3. The third kappa shape index (κ3) is 3.41. The zero-order valence-corrected chi connectivity index (χ0v) is 14.1. The maximum absolute atomic E-state index is 14.1. The number of anilines is 1. The summed E-state index contributed by atoms with van der Waals surface area (Å²) in [5.41, 5.74) is 0.376.